The van der Waals surface area contributed by atoms with Crippen LogP contribution in [-0.4, -0.2) is 13.1 Å². The van der Waals surface area contributed by atoms with Crippen molar-refractivity contribution in [3.05, 3.63) is 76.1 Å². The second-order valence-electron chi connectivity index (χ2n) is 13.6. The molecule has 3 aliphatic carbocycles. The lowest BCUT2D eigenvalue weighted by Crippen LogP contribution is -2.40. The second kappa shape index (κ2) is 12.0. The first kappa shape index (κ1) is 29.8. The van der Waals surface area contributed by atoms with Crippen molar-refractivity contribution >= 4 is 22.8 Å². The maximum atomic E-state index is 12.3. The number of hydrogen-bond acceptors (Lipinski definition) is 4. The minimum absolute atomic E-state index is 0.0262. The van der Waals surface area contributed by atoms with E-state index in [1.807, 2.05) is 12.3 Å². The summed E-state index contributed by atoms with van der Waals surface area (Å²) in [6.07, 6.45) is 15.1. The average molecular weight is 581 g/mol. The molecule has 3 aromatic rings. The Kier molecular flexibility index (Phi) is 8.33. The van der Waals surface area contributed by atoms with E-state index in [1.54, 1.807) is 18.3 Å². The summed E-state index contributed by atoms with van der Waals surface area (Å²) in [7, 11) is 1.64. The quantitative estimate of drug-likeness (QED) is 0.136. The van der Waals surface area contributed by atoms with Gasteiger partial charge >= 0.3 is 5.97 Å². The number of carbonyl (C=O) groups is 1. The minimum Gasteiger partial charge on any atom is -0.468 e. The van der Waals surface area contributed by atoms with Gasteiger partial charge in [-0.25, -0.2) is 0 Å². The van der Waals surface area contributed by atoms with Gasteiger partial charge < -0.3 is 13.9 Å². The van der Waals surface area contributed by atoms with Crippen LogP contribution >= 0.6 is 0 Å². The molecule has 4 heteroatoms. The van der Waals surface area contributed by atoms with Crippen LogP contribution in [0.25, 0.3) is 16.8 Å². The van der Waals surface area contributed by atoms with Gasteiger partial charge in [-0.1, -0.05) is 107 Å². The van der Waals surface area contributed by atoms with E-state index in [2.05, 4.69) is 64.1 Å². The van der Waals surface area contributed by atoms with E-state index in [1.165, 1.54) is 75.0 Å². The molecule has 228 valence electrons. The van der Waals surface area contributed by atoms with Crippen LogP contribution in [-0.2, 0) is 10.2 Å². The molecule has 4 atom stereocenters. The maximum Gasteiger partial charge on any atom is 0.308 e. The van der Waals surface area contributed by atoms with Crippen LogP contribution in [0.2, 0.25) is 0 Å². The largest absolute Gasteiger partial charge is 0.468 e. The Hall–Kier alpha value is -3.27. The van der Waals surface area contributed by atoms with Crippen molar-refractivity contribution < 1.29 is 18.7 Å². The van der Waals surface area contributed by atoms with Gasteiger partial charge in [0.05, 0.1) is 12.5 Å². The van der Waals surface area contributed by atoms with Gasteiger partial charge in [0.1, 0.15) is 12.0 Å². The van der Waals surface area contributed by atoms with Gasteiger partial charge in [-0.05, 0) is 72.5 Å². The minimum atomic E-state index is -0.303. The summed E-state index contributed by atoms with van der Waals surface area (Å²) < 4.78 is 17.5. The highest BCUT2D eigenvalue weighted by Gasteiger charge is 2.50. The first-order valence-electron chi connectivity index (χ1n) is 16.6. The Morgan fingerprint density at radius 3 is 2.42 bits per heavy atom. The summed E-state index contributed by atoms with van der Waals surface area (Å²) in [6.45, 7) is 11.1. The Labute approximate surface area is 257 Å². The molecule has 43 heavy (non-hydrogen) atoms. The fourth-order valence-corrected chi connectivity index (χ4v) is 8.82. The van der Waals surface area contributed by atoms with Gasteiger partial charge in [0.2, 0.25) is 0 Å². The first-order valence-corrected chi connectivity index (χ1v) is 16.6. The Morgan fingerprint density at radius 1 is 1.02 bits per heavy atom. The molecule has 0 N–H and O–H groups in total. The molecule has 3 aliphatic rings. The number of hydrogen-bond donors (Lipinski definition) is 0. The third-order valence-electron chi connectivity index (χ3n) is 10.8. The van der Waals surface area contributed by atoms with Gasteiger partial charge in [0, 0.05) is 23.8 Å². The number of rotatable bonds is 10. The smallest absolute Gasteiger partial charge is 0.308 e. The molecule has 2 aromatic carbocycles. The molecule has 0 saturated heterocycles. The van der Waals surface area contributed by atoms with Gasteiger partial charge in [-0.3, -0.25) is 4.79 Å². The summed E-state index contributed by atoms with van der Waals surface area (Å²) in [4.78, 5) is 12.3. The lowest BCUT2D eigenvalue weighted by Gasteiger charge is -2.50. The Balaban J connectivity index is 1.62. The zero-order chi connectivity index (χ0) is 30.3. The summed E-state index contributed by atoms with van der Waals surface area (Å²) in [5.74, 6) is 2.49. The van der Waals surface area contributed by atoms with Crippen molar-refractivity contribution in [1.82, 2.24) is 0 Å². The normalized spacial score (nSPS) is 23.1. The molecule has 0 bridgehead atoms. The molecule has 0 spiro atoms. The Bertz CT molecular complexity index is 1550. The van der Waals surface area contributed by atoms with Crippen molar-refractivity contribution in [3.8, 4) is 11.7 Å². The topological polar surface area (TPSA) is 48.7 Å². The molecule has 1 heterocycles. The molecular formula is C39H48O4. The standard InChI is InChI=1S/C39H48O4/c1-7-9-17-26-27(18-10-8-2)35-28(19-14-20-33(35)39(4,5)25-15-12-11-13-16-25)36-29(26)21-31-34(43-24(3)40)22-30-32(37(31)36)23-42-38(30)41-6/h11-13,15-16,21-23,26-27,33,36H,7-10,14,17-20H2,1-6H3. The van der Waals surface area contributed by atoms with E-state index >= 15 is 0 Å². The molecule has 1 aromatic heterocycles. The van der Waals surface area contributed by atoms with Crippen LogP contribution in [0.3, 0.4) is 0 Å². The third kappa shape index (κ3) is 5.05. The van der Waals surface area contributed by atoms with E-state index in [0.29, 0.717) is 29.4 Å². The molecule has 4 nitrogen and oxygen atoms in total. The van der Waals surface area contributed by atoms with Crippen molar-refractivity contribution in [1.29, 1.82) is 0 Å². The number of fused-ring (bicyclic) bond motifs is 6. The van der Waals surface area contributed by atoms with Crippen LogP contribution < -0.4 is 9.47 Å². The maximum absolute atomic E-state index is 12.3. The molecule has 0 saturated carbocycles. The van der Waals surface area contributed by atoms with E-state index in [-0.39, 0.29) is 17.3 Å². The van der Waals surface area contributed by atoms with E-state index < -0.39 is 0 Å². The SMILES string of the molecule is CCCCC1C2=Cc3c(OC(C)=O)cc4c(OC)occ4c3C2C2=C(C1CCCC)C(C(C)(C)c1ccccc1)CCC2. The first-order chi connectivity index (χ1) is 20.8. The summed E-state index contributed by atoms with van der Waals surface area (Å²) in [6, 6.07) is 13.1. The molecule has 0 fully saturated rings. The fourth-order valence-electron chi connectivity index (χ4n) is 8.82. The number of esters is 1. The van der Waals surface area contributed by atoms with Crippen molar-refractivity contribution in [3.63, 3.8) is 0 Å². The van der Waals surface area contributed by atoms with E-state index in [4.69, 9.17) is 13.9 Å². The lowest BCUT2D eigenvalue weighted by molar-refractivity contribution is -0.131. The molecule has 4 unspecified atom stereocenters. The molecule has 0 aliphatic heterocycles. The zero-order valence-corrected chi connectivity index (χ0v) is 26.9. The number of unbranched alkanes of at least 4 members (excludes halogenated alkanes) is 2. The van der Waals surface area contributed by atoms with Gasteiger partial charge in [0.25, 0.3) is 5.95 Å². The van der Waals surface area contributed by atoms with Crippen LogP contribution in [0.5, 0.6) is 11.7 Å². The van der Waals surface area contributed by atoms with Crippen molar-refractivity contribution in [2.75, 3.05) is 7.11 Å². The summed E-state index contributed by atoms with van der Waals surface area (Å²) >= 11 is 0. The van der Waals surface area contributed by atoms with Crippen LogP contribution in [0.1, 0.15) is 115 Å². The Morgan fingerprint density at radius 2 is 1.74 bits per heavy atom. The fraction of sp³-hybridized carbons (Fsp3) is 0.513. The number of benzene rings is 2. The monoisotopic (exact) mass is 580 g/mol. The predicted octanol–water partition coefficient (Wildman–Crippen LogP) is 10.5. The van der Waals surface area contributed by atoms with Crippen molar-refractivity contribution in [2.45, 2.75) is 104 Å². The van der Waals surface area contributed by atoms with E-state index in [9.17, 15) is 4.79 Å². The predicted molar refractivity (Wildman–Crippen MR) is 175 cm³/mol. The number of ether oxygens (including phenoxy) is 2. The number of furan rings is 1. The summed E-state index contributed by atoms with van der Waals surface area (Å²) in [5, 5.41) is 1.96. The highest BCUT2D eigenvalue weighted by Crippen LogP contribution is 2.63. The summed E-state index contributed by atoms with van der Waals surface area (Å²) in [5.41, 5.74) is 8.66. The van der Waals surface area contributed by atoms with Crippen LogP contribution in [0, 0.1) is 17.8 Å². The van der Waals surface area contributed by atoms with Crippen LogP contribution in [0.15, 0.2) is 63.8 Å². The average Bonchev–Trinajstić information content (AvgIpc) is 3.61. The van der Waals surface area contributed by atoms with Gasteiger partial charge in [-0.15, -0.1) is 0 Å². The highest BCUT2D eigenvalue weighted by molar-refractivity contribution is 5.98. The van der Waals surface area contributed by atoms with Gasteiger partial charge in [-0.2, -0.15) is 0 Å². The number of carbonyl (C=O) groups excluding carboxylic acids is 1. The molecule has 6 rings (SSSR count). The number of methoxy groups -OCH3 is 1. The van der Waals surface area contributed by atoms with Crippen LogP contribution in [0.4, 0.5) is 0 Å². The zero-order valence-electron chi connectivity index (χ0n) is 26.9. The molecular weight excluding hydrogens is 532 g/mol. The second-order valence-corrected chi connectivity index (χ2v) is 13.6. The third-order valence-corrected chi connectivity index (χ3v) is 10.8. The van der Waals surface area contributed by atoms with Gasteiger partial charge in [0.15, 0.2) is 0 Å². The number of allylic oxidation sites excluding steroid dienone is 3. The highest BCUT2D eigenvalue weighted by atomic mass is 16.6. The molecule has 0 amide bonds. The van der Waals surface area contributed by atoms with Crippen molar-refractivity contribution in [2.24, 2.45) is 17.8 Å². The van der Waals surface area contributed by atoms with E-state index in [0.717, 1.165) is 22.8 Å². The lowest BCUT2D eigenvalue weighted by atomic mass is 9.54. The molecule has 0 radical (unpaired) electrons.